The third kappa shape index (κ3) is 1.70. The zero-order chi connectivity index (χ0) is 11.8. The summed E-state index contributed by atoms with van der Waals surface area (Å²) in [6, 6.07) is -0.415. The van der Waals surface area contributed by atoms with E-state index in [2.05, 4.69) is 5.32 Å². The third-order valence-electron chi connectivity index (χ3n) is 3.33. The molecule has 0 aromatic heterocycles. The number of hydrogen-bond acceptors (Lipinski definition) is 3. The number of carbonyl (C=O) groups is 3. The van der Waals surface area contributed by atoms with Crippen molar-refractivity contribution in [2.45, 2.75) is 44.6 Å². The SMILES string of the molecule is CC(=O)CN1C(=O)NC2(CCCCC2)C1=O. The van der Waals surface area contributed by atoms with Crippen LogP contribution in [0.1, 0.15) is 39.0 Å². The van der Waals surface area contributed by atoms with E-state index in [9.17, 15) is 14.4 Å². The number of hydrogen-bond donors (Lipinski definition) is 1. The van der Waals surface area contributed by atoms with E-state index in [1.54, 1.807) is 0 Å². The lowest BCUT2D eigenvalue weighted by molar-refractivity contribution is -0.135. The molecule has 0 aromatic rings. The average molecular weight is 224 g/mol. The Bertz CT molecular complexity index is 345. The predicted octanol–water partition coefficient (Wildman–Crippen LogP) is 0.830. The van der Waals surface area contributed by atoms with E-state index in [1.807, 2.05) is 0 Å². The first-order valence-electron chi connectivity index (χ1n) is 5.69. The maximum Gasteiger partial charge on any atom is 0.325 e. The minimum absolute atomic E-state index is 0.105. The summed E-state index contributed by atoms with van der Waals surface area (Å²) >= 11 is 0. The topological polar surface area (TPSA) is 66.5 Å². The Morgan fingerprint density at radius 3 is 2.50 bits per heavy atom. The second-order valence-electron chi connectivity index (χ2n) is 4.67. The molecule has 1 saturated heterocycles. The lowest BCUT2D eigenvalue weighted by Gasteiger charge is -2.30. The van der Waals surface area contributed by atoms with Gasteiger partial charge in [0, 0.05) is 0 Å². The van der Waals surface area contributed by atoms with Crippen molar-refractivity contribution in [2.75, 3.05) is 6.54 Å². The first-order valence-corrected chi connectivity index (χ1v) is 5.69. The van der Waals surface area contributed by atoms with Crippen LogP contribution in [0.4, 0.5) is 4.79 Å². The van der Waals surface area contributed by atoms with Crippen LogP contribution in [0.15, 0.2) is 0 Å². The van der Waals surface area contributed by atoms with Crippen molar-refractivity contribution in [2.24, 2.45) is 0 Å². The number of ketones is 1. The Balaban J connectivity index is 2.17. The van der Waals surface area contributed by atoms with E-state index >= 15 is 0 Å². The maximum atomic E-state index is 12.1. The van der Waals surface area contributed by atoms with Gasteiger partial charge in [-0.3, -0.25) is 14.5 Å². The van der Waals surface area contributed by atoms with Crippen LogP contribution in [0.25, 0.3) is 0 Å². The standard InChI is InChI=1S/C11H16N2O3/c1-8(14)7-13-9(15)11(12-10(13)16)5-3-2-4-6-11/h2-7H2,1H3,(H,12,16). The van der Waals surface area contributed by atoms with Crippen molar-refractivity contribution in [3.63, 3.8) is 0 Å². The van der Waals surface area contributed by atoms with Crippen molar-refractivity contribution in [1.29, 1.82) is 0 Å². The van der Waals surface area contributed by atoms with Gasteiger partial charge < -0.3 is 5.32 Å². The van der Waals surface area contributed by atoms with Crippen LogP contribution in [0.5, 0.6) is 0 Å². The summed E-state index contributed by atoms with van der Waals surface area (Å²) in [5.74, 6) is -0.385. The van der Waals surface area contributed by atoms with Gasteiger partial charge in [0.15, 0.2) is 0 Å². The van der Waals surface area contributed by atoms with E-state index in [0.29, 0.717) is 12.8 Å². The van der Waals surface area contributed by atoms with Gasteiger partial charge in [-0.2, -0.15) is 0 Å². The molecule has 1 saturated carbocycles. The minimum Gasteiger partial charge on any atom is -0.323 e. The number of urea groups is 1. The first-order chi connectivity index (χ1) is 7.55. The van der Waals surface area contributed by atoms with Crippen molar-refractivity contribution < 1.29 is 14.4 Å². The van der Waals surface area contributed by atoms with Crippen molar-refractivity contribution in [1.82, 2.24) is 10.2 Å². The quantitative estimate of drug-likeness (QED) is 0.706. The Morgan fingerprint density at radius 2 is 1.94 bits per heavy atom. The fraction of sp³-hybridized carbons (Fsp3) is 0.727. The summed E-state index contributed by atoms with van der Waals surface area (Å²) in [6.45, 7) is 1.28. The molecule has 0 radical (unpaired) electrons. The number of amides is 3. The molecule has 0 bridgehead atoms. The lowest BCUT2D eigenvalue weighted by Crippen LogP contribution is -2.48. The van der Waals surface area contributed by atoms with Gasteiger partial charge in [-0.05, 0) is 19.8 Å². The fourth-order valence-corrected chi connectivity index (χ4v) is 2.54. The number of nitrogens with zero attached hydrogens (tertiary/aromatic N) is 1. The molecule has 0 aromatic carbocycles. The Morgan fingerprint density at radius 1 is 1.31 bits per heavy atom. The van der Waals surface area contributed by atoms with Gasteiger partial charge in [-0.1, -0.05) is 19.3 Å². The van der Waals surface area contributed by atoms with Gasteiger partial charge in [-0.25, -0.2) is 4.79 Å². The highest BCUT2D eigenvalue weighted by Crippen LogP contribution is 2.33. The second kappa shape index (κ2) is 3.88. The van der Waals surface area contributed by atoms with E-state index in [0.717, 1.165) is 24.2 Å². The zero-order valence-corrected chi connectivity index (χ0v) is 9.41. The Hall–Kier alpha value is -1.39. The average Bonchev–Trinajstić information content (AvgIpc) is 2.44. The molecule has 1 heterocycles. The van der Waals surface area contributed by atoms with E-state index in [-0.39, 0.29) is 18.2 Å². The van der Waals surface area contributed by atoms with Gasteiger partial charge in [0.05, 0.1) is 6.54 Å². The van der Waals surface area contributed by atoms with Gasteiger partial charge >= 0.3 is 6.03 Å². The summed E-state index contributed by atoms with van der Waals surface area (Å²) < 4.78 is 0. The molecule has 0 unspecified atom stereocenters. The molecule has 2 rings (SSSR count). The van der Waals surface area contributed by atoms with Crippen LogP contribution in [0.3, 0.4) is 0 Å². The van der Waals surface area contributed by atoms with Gasteiger partial charge in [-0.15, -0.1) is 0 Å². The molecule has 16 heavy (non-hydrogen) atoms. The molecule has 1 spiro atoms. The number of imide groups is 1. The summed E-state index contributed by atoms with van der Waals surface area (Å²) in [6.07, 6.45) is 4.43. The molecule has 3 amide bonds. The van der Waals surface area contributed by atoms with Crippen LogP contribution < -0.4 is 5.32 Å². The first kappa shape index (κ1) is 11.1. The van der Waals surface area contributed by atoms with Gasteiger partial charge in [0.25, 0.3) is 5.91 Å². The number of nitrogens with one attached hydrogen (secondary N) is 1. The molecule has 5 heteroatoms. The van der Waals surface area contributed by atoms with Crippen molar-refractivity contribution in [3.05, 3.63) is 0 Å². The van der Waals surface area contributed by atoms with Gasteiger partial charge in [0.2, 0.25) is 0 Å². The summed E-state index contributed by atoms with van der Waals surface area (Å²) in [5.41, 5.74) is -0.704. The third-order valence-corrected chi connectivity index (χ3v) is 3.33. The van der Waals surface area contributed by atoms with E-state index in [1.165, 1.54) is 6.92 Å². The minimum atomic E-state index is -0.704. The predicted molar refractivity (Wildman–Crippen MR) is 56.7 cm³/mol. The molecule has 88 valence electrons. The smallest absolute Gasteiger partial charge is 0.323 e. The number of Topliss-reactive ketones (excluding diaryl/α,β-unsaturated/α-hetero) is 1. The highest BCUT2D eigenvalue weighted by molar-refractivity contribution is 6.09. The highest BCUT2D eigenvalue weighted by atomic mass is 16.2. The van der Waals surface area contributed by atoms with E-state index in [4.69, 9.17) is 0 Å². The highest BCUT2D eigenvalue weighted by Gasteiger charge is 2.51. The fourth-order valence-electron chi connectivity index (χ4n) is 2.54. The Labute approximate surface area is 94.2 Å². The maximum absolute atomic E-state index is 12.1. The monoisotopic (exact) mass is 224 g/mol. The van der Waals surface area contributed by atoms with Crippen LogP contribution in [0, 0.1) is 0 Å². The van der Waals surface area contributed by atoms with Crippen molar-refractivity contribution >= 4 is 17.7 Å². The molecule has 2 aliphatic rings. The van der Waals surface area contributed by atoms with Crippen LogP contribution in [0.2, 0.25) is 0 Å². The number of carbonyl (C=O) groups excluding carboxylic acids is 3. The van der Waals surface area contributed by atoms with Crippen LogP contribution in [-0.4, -0.2) is 34.7 Å². The van der Waals surface area contributed by atoms with E-state index < -0.39 is 11.6 Å². The molecule has 5 nitrogen and oxygen atoms in total. The number of rotatable bonds is 2. The molecular formula is C11H16N2O3. The molecule has 1 aliphatic heterocycles. The van der Waals surface area contributed by atoms with Crippen LogP contribution >= 0.6 is 0 Å². The van der Waals surface area contributed by atoms with Crippen molar-refractivity contribution in [3.8, 4) is 0 Å². The molecule has 0 atom stereocenters. The summed E-state index contributed by atoms with van der Waals surface area (Å²) in [4.78, 5) is 35.8. The molecular weight excluding hydrogens is 208 g/mol. The zero-order valence-electron chi connectivity index (χ0n) is 9.41. The van der Waals surface area contributed by atoms with Gasteiger partial charge in [0.1, 0.15) is 11.3 Å². The largest absolute Gasteiger partial charge is 0.325 e. The molecule has 2 fully saturated rings. The second-order valence-corrected chi connectivity index (χ2v) is 4.67. The summed E-state index contributed by atoms with van der Waals surface area (Å²) in [7, 11) is 0. The van der Waals surface area contributed by atoms with Crippen LogP contribution in [-0.2, 0) is 9.59 Å². The normalized spacial score (nSPS) is 23.7. The molecule has 1 N–H and O–H groups in total. The summed E-state index contributed by atoms with van der Waals surface area (Å²) in [5, 5.41) is 2.76. The lowest BCUT2D eigenvalue weighted by atomic mass is 9.82. The molecule has 1 aliphatic carbocycles. The Kier molecular flexibility index (Phi) is 2.69.